The molecule has 1 unspecified atom stereocenters. The van der Waals surface area contributed by atoms with Gasteiger partial charge in [0.2, 0.25) is 0 Å². The van der Waals surface area contributed by atoms with E-state index in [1.807, 2.05) is 12.1 Å². The molecule has 24 heavy (non-hydrogen) atoms. The highest BCUT2D eigenvalue weighted by atomic mass is 127. The minimum absolute atomic E-state index is 0.0318. The minimum atomic E-state index is -0.0489. The third-order valence-corrected chi connectivity index (χ3v) is 4.90. The van der Waals surface area contributed by atoms with Crippen LogP contribution in [-0.2, 0) is 9.53 Å². The molecule has 0 aromatic heterocycles. The largest absolute Gasteiger partial charge is 0.465 e. The van der Waals surface area contributed by atoms with Crippen molar-refractivity contribution in [1.29, 1.82) is 0 Å². The molecule has 2 aromatic carbocycles. The van der Waals surface area contributed by atoms with Crippen LogP contribution in [0.3, 0.4) is 0 Å². The Hall–Kier alpha value is -1.62. The van der Waals surface area contributed by atoms with Gasteiger partial charge >= 0.3 is 5.97 Å². The van der Waals surface area contributed by atoms with Gasteiger partial charge in [-0.05, 0) is 41.5 Å². The van der Waals surface area contributed by atoms with E-state index in [1.165, 1.54) is 22.3 Å². The van der Waals surface area contributed by atoms with Crippen LogP contribution in [0.15, 0.2) is 60.7 Å². The van der Waals surface area contributed by atoms with Gasteiger partial charge in [-0.25, -0.2) is 0 Å². The highest BCUT2D eigenvalue weighted by molar-refractivity contribution is 14.1. The third-order valence-electron chi connectivity index (χ3n) is 4.46. The summed E-state index contributed by atoms with van der Waals surface area (Å²) in [7, 11) is 0. The van der Waals surface area contributed by atoms with Crippen LogP contribution in [0.5, 0.6) is 0 Å². The second kappa shape index (κ2) is 8.47. The van der Waals surface area contributed by atoms with Crippen molar-refractivity contribution in [3.05, 3.63) is 71.8 Å². The van der Waals surface area contributed by atoms with E-state index in [2.05, 4.69) is 71.1 Å². The van der Waals surface area contributed by atoms with Gasteiger partial charge in [-0.15, -0.1) is 0 Å². The number of halogens is 1. The second-order valence-electron chi connectivity index (χ2n) is 5.99. The van der Waals surface area contributed by atoms with Gasteiger partial charge in [0.15, 0.2) is 0 Å². The maximum atomic E-state index is 12.3. The fourth-order valence-corrected chi connectivity index (χ4v) is 3.51. The second-order valence-corrected chi connectivity index (χ2v) is 7.06. The summed E-state index contributed by atoms with van der Waals surface area (Å²) in [4.78, 5) is 12.3. The molecule has 0 heterocycles. The zero-order chi connectivity index (χ0) is 16.8. The molecule has 0 radical (unpaired) electrons. The molecule has 0 aliphatic heterocycles. The number of benzene rings is 2. The predicted octanol–water partition coefficient (Wildman–Crippen LogP) is 5.38. The summed E-state index contributed by atoms with van der Waals surface area (Å²) in [6.45, 7) is 0.506. The predicted molar refractivity (Wildman–Crippen MR) is 107 cm³/mol. The molecule has 2 nitrogen and oxygen atoms in total. The van der Waals surface area contributed by atoms with Gasteiger partial charge in [-0.2, -0.15) is 0 Å². The standard InChI is InChI=1S/C21H21IO2/c22-13-14-24-21(23)18-11-12-19(16-7-3-1-4-8-16)20(15-18)17-9-5-2-6-10-17/h1-10,18H,11-15H2. The van der Waals surface area contributed by atoms with Gasteiger partial charge in [0.25, 0.3) is 0 Å². The first-order valence-corrected chi connectivity index (χ1v) is 9.87. The van der Waals surface area contributed by atoms with Gasteiger partial charge < -0.3 is 4.74 Å². The van der Waals surface area contributed by atoms with Crippen LogP contribution in [0.4, 0.5) is 0 Å². The van der Waals surface area contributed by atoms with E-state index in [0.29, 0.717) is 6.61 Å². The van der Waals surface area contributed by atoms with Crippen molar-refractivity contribution in [2.75, 3.05) is 11.0 Å². The number of carbonyl (C=O) groups is 1. The first-order valence-electron chi connectivity index (χ1n) is 8.35. The van der Waals surface area contributed by atoms with E-state index < -0.39 is 0 Å². The molecule has 0 N–H and O–H groups in total. The third kappa shape index (κ3) is 4.07. The summed E-state index contributed by atoms with van der Waals surface area (Å²) in [5.74, 6) is -0.0807. The fourth-order valence-electron chi connectivity index (χ4n) is 3.29. The summed E-state index contributed by atoms with van der Waals surface area (Å²) in [5, 5.41) is 0. The van der Waals surface area contributed by atoms with Crippen LogP contribution in [0, 0.1) is 5.92 Å². The number of hydrogen-bond donors (Lipinski definition) is 0. The lowest BCUT2D eigenvalue weighted by molar-refractivity contribution is -0.147. The molecule has 3 heteroatoms. The Morgan fingerprint density at radius 2 is 1.54 bits per heavy atom. The number of rotatable bonds is 5. The van der Waals surface area contributed by atoms with E-state index in [1.54, 1.807) is 0 Å². The van der Waals surface area contributed by atoms with Crippen LogP contribution >= 0.6 is 22.6 Å². The Bertz CT molecular complexity index is 707. The average Bonchev–Trinajstić information content (AvgIpc) is 2.67. The van der Waals surface area contributed by atoms with Gasteiger partial charge in [0.1, 0.15) is 6.61 Å². The Balaban J connectivity index is 1.93. The maximum Gasteiger partial charge on any atom is 0.309 e. The van der Waals surface area contributed by atoms with Gasteiger partial charge in [-0.3, -0.25) is 4.79 Å². The lowest BCUT2D eigenvalue weighted by Crippen LogP contribution is -2.22. The van der Waals surface area contributed by atoms with Crippen LogP contribution in [-0.4, -0.2) is 17.0 Å². The maximum absolute atomic E-state index is 12.3. The van der Waals surface area contributed by atoms with Crippen molar-refractivity contribution < 1.29 is 9.53 Å². The van der Waals surface area contributed by atoms with E-state index >= 15 is 0 Å². The van der Waals surface area contributed by atoms with Crippen LogP contribution in [0.1, 0.15) is 30.4 Å². The molecule has 0 amide bonds. The van der Waals surface area contributed by atoms with Crippen molar-refractivity contribution in [2.24, 2.45) is 5.92 Å². The highest BCUT2D eigenvalue weighted by Gasteiger charge is 2.28. The fraction of sp³-hybridized carbons (Fsp3) is 0.286. The zero-order valence-corrected chi connectivity index (χ0v) is 15.7. The van der Waals surface area contributed by atoms with Gasteiger partial charge in [-0.1, -0.05) is 83.3 Å². The summed E-state index contributed by atoms with van der Waals surface area (Å²) in [6, 6.07) is 20.9. The van der Waals surface area contributed by atoms with Crippen LogP contribution in [0.25, 0.3) is 11.1 Å². The van der Waals surface area contributed by atoms with Crippen molar-refractivity contribution >= 4 is 39.7 Å². The molecule has 1 atom stereocenters. The zero-order valence-electron chi connectivity index (χ0n) is 13.6. The lowest BCUT2D eigenvalue weighted by atomic mass is 9.78. The SMILES string of the molecule is O=C(OCCI)C1CCC(c2ccccc2)=C(c2ccccc2)C1. The van der Waals surface area contributed by atoms with E-state index in [0.717, 1.165) is 23.7 Å². The highest BCUT2D eigenvalue weighted by Crippen LogP contribution is 2.40. The number of esters is 1. The Kier molecular flexibility index (Phi) is 6.07. The van der Waals surface area contributed by atoms with E-state index in [4.69, 9.17) is 4.74 Å². The Labute approximate surface area is 157 Å². The monoisotopic (exact) mass is 432 g/mol. The van der Waals surface area contributed by atoms with Crippen LogP contribution < -0.4 is 0 Å². The molecule has 124 valence electrons. The molecule has 0 saturated heterocycles. The van der Waals surface area contributed by atoms with Crippen molar-refractivity contribution in [1.82, 2.24) is 0 Å². The summed E-state index contributed by atoms with van der Waals surface area (Å²) >= 11 is 2.23. The molecule has 0 bridgehead atoms. The van der Waals surface area contributed by atoms with Crippen molar-refractivity contribution in [2.45, 2.75) is 19.3 Å². The summed E-state index contributed by atoms with van der Waals surface area (Å²) < 4.78 is 6.23. The summed E-state index contributed by atoms with van der Waals surface area (Å²) in [5.41, 5.74) is 5.11. The average molecular weight is 432 g/mol. The molecule has 1 aliphatic rings. The number of alkyl halides is 1. The van der Waals surface area contributed by atoms with E-state index in [-0.39, 0.29) is 11.9 Å². The lowest BCUT2D eigenvalue weighted by Gasteiger charge is -2.27. The van der Waals surface area contributed by atoms with Crippen LogP contribution in [0.2, 0.25) is 0 Å². The first kappa shape index (κ1) is 17.2. The molecular formula is C21H21IO2. The molecule has 0 spiro atoms. The topological polar surface area (TPSA) is 26.3 Å². The summed E-state index contributed by atoms with van der Waals surface area (Å²) in [6.07, 6.45) is 2.53. The minimum Gasteiger partial charge on any atom is -0.465 e. The smallest absolute Gasteiger partial charge is 0.309 e. The van der Waals surface area contributed by atoms with Gasteiger partial charge in [0, 0.05) is 4.43 Å². The quantitative estimate of drug-likeness (QED) is 0.361. The molecule has 2 aromatic rings. The normalized spacial score (nSPS) is 17.6. The molecule has 3 rings (SSSR count). The number of hydrogen-bond acceptors (Lipinski definition) is 2. The number of ether oxygens (including phenoxy) is 1. The number of carbonyl (C=O) groups excluding carboxylic acids is 1. The van der Waals surface area contributed by atoms with Crippen molar-refractivity contribution in [3.8, 4) is 0 Å². The Morgan fingerprint density at radius 3 is 2.12 bits per heavy atom. The Morgan fingerprint density at radius 1 is 0.958 bits per heavy atom. The first-order chi connectivity index (χ1) is 11.8. The van der Waals surface area contributed by atoms with Gasteiger partial charge in [0.05, 0.1) is 5.92 Å². The van der Waals surface area contributed by atoms with E-state index in [9.17, 15) is 4.79 Å². The molecular weight excluding hydrogens is 411 g/mol. The molecule has 0 fully saturated rings. The molecule has 1 aliphatic carbocycles. The van der Waals surface area contributed by atoms with Crippen molar-refractivity contribution in [3.63, 3.8) is 0 Å². The molecule has 0 saturated carbocycles. The number of allylic oxidation sites excluding steroid dienone is 2.